The van der Waals surface area contributed by atoms with Crippen molar-refractivity contribution in [3.8, 4) is 12.3 Å². The maximum Gasteiger partial charge on any atom is 0.412 e. The van der Waals surface area contributed by atoms with Crippen LogP contribution < -0.4 is 10.6 Å². The number of carbonyl (C=O) groups excluding carboxylic acids is 2. The summed E-state index contributed by atoms with van der Waals surface area (Å²) in [5.41, 5.74) is 1.47. The lowest BCUT2D eigenvalue weighted by atomic mass is 10.1. The van der Waals surface area contributed by atoms with Crippen LogP contribution in [0.15, 0.2) is 48.5 Å². The molecule has 0 fully saturated rings. The molecule has 0 saturated heterocycles. The van der Waals surface area contributed by atoms with Crippen LogP contribution in [0.5, 0.6) is 0 Å². The van der Waals surface area contributed by atoms with E-state index in [0.29, 0.717) is 22.5 Å². The molecule has 0 aliphatic heterocycles. The van der Waals surface area contributed by atoms with Gasteiger partial charge < -0.3 is 10.1 Å². The second kappa shape index (κ2) is 7.54. The SMILES string of the molecule is C#Cc1ccc(C(=O)Nc2ccccc2NC(=O)OC(C)(C)C)cc1. The van der Waals surface area contributed by atoms with Crippen molar-refractivity contribution in [2.75, 3.05) is 10.6 Å². The number of terminal acetylenes is 1. The second-order valence-corrected chi connectivity index (χ2v) is 6.35. The Hall–Kier alpha value is -3.26. The molecule has 0 bridgehead atoms. The number of carbonyl (C=O) groups is 2. The molecule has 5 nitrogen and oxygen atoms in total. The van der Waals surface area contributed by atoms with Gasteiger partial charge in [0.1, 0.15) is 5.60 Å². The molecule has 128 valence electrons. The smallest absolute Gasteiger partial charge is 0.412 e. The molecular weight excluding hydrogens is 316 g/mol. The normalized spacial score (nSPS) is 10.5. The van der Waals surface area contributed by atoms with Gasteiger partial charge in [-0.25, -0.2) is 4.79 Å². The molecule has 2 aromatic rings. The van der Waals surface area contributed by atoms with Gasteiger partial charge in [-0.05, 0) is 57.2 Å². The molecule has 0 aromatic heterocycles. The lowest BCUT2D eigenvalue weighted by Gasteiger charge is -2.20. The molecular formula is C20H20N2O3. The Bertz CT molecular complexity index is 812. The number of hydrogen-bond donors (Lipinski definition) is 2. The van der Waals surface area contributed by atoms with Crippen molar-refractivity contribution in [1.82, 2.24) is 0 Å². The van der Waals surface area contributed by atoms with Crippen molar-refractivity contribution in [2.24, 2.45) is 0 Å². The van der Waals surface area contributed by atoms with Crippen LogP contribution in [-0.2, 0) is 4.74 Å². The van der Waals surface area contributed by atoms with E-state index >= 15 is 0 Å². The number of anilines is 2. The van der Waals surface area contributed by atoms with E-state index in [1.807, 2.05) is 0 Å². The van der Waals surface area contributed by atoms with Crippen LogP contribution in [0.4, 0.5) is 16.2 Å². The minimum absolute atomic E-state index is 0.304. The largest absolute Gasteiger partial charge is 0.444 e. The molecule has 0 saturated carbocycles. The number of benzene rings is 2. The summed E-state index contributed by atoms with van der Waals surface area (Å²) >= 11 is 0. The van der Waals surface area contributed by atoms with E-state index in [-0.39, 0.29) is 5.91 Å². The van der Waals surface area contributed by atoms with E-state index in [0.717, 1.165) is 0 Å². The number of para-hydroxylation sites is 2. The van der Waals surface area contributed by atoms with Gasteiger partial charge in [0.2, 0.25) is 0 Å². The Kier molecular flexibility index (Phi) is 5.45. The topological polar surface area (TPSA) is 67.4 Å². The second-order valence-electron chi connectivity index (χ2n) is 6.35. The van der Waals surface area contributed by atoms with E-state index in [4.69, 9.17) is 11.2 Å². The highest BCUT2D eigenvalue weighted by atomic mass is 16.6. The Labute approximate surface area is 147 Å². The Morgan fingerprint density at radius 2 is 1.52 bits per heavy atom. The molecule has 25 heavy (non-hydrogen) atoms. The van der Waals surface area contributed by atoms with Crippen molar-refractivity contribution in [1.29, 1.82) is 0 Å². The monoisotopic (exact) mass is 336 g/mol. The van der Waals surface area contributed by atoms with Crippen LogP contribution in [0.1, 0.15) is 36.7 Å². The van der Waals surface area contributed by atoms with Crippen molar-refractivity contribution in [3.05, 3.63) is 59.7 Å². The fourth-order valence-corrected chi connectivity index (χ4v) is 2.03. The third-order valence-electron chi connectivity index (χ3n) is 3.12. The van der Waals surface area contributed by atoms with Crippen LogP contribution in [0, 0.1) is 12.3 Å². The fourth-order valence-electron chi connectivity index (χ4n) is 2.03. The first-order chi connectivity index (χ1) is 11.8. The van der Waals surface area contributed by atoms with E-state index in [9.17, 15) is 9.59 Å². The van der Waals surface area contributed by atoms with Crippen LogP contribution in [0.3, 0.4) is 0 Å². The van der Waals surface area contributed by atoms with Gasteiger partial charge >= 0.3 is 6.09 Å². The summed E-state index contributed by atoms with van der Waals surface area (Å²) in [7, 11) is 0. The summed E-state index contributed by atoms with van der Waals surface area (Å²) < 4.78 is 5.23. The maximum absolute atomic E-state index is 12.4. The van der Waals surface area contributed by atoms with Gasteiger partial charge in [0.25, 0.3) is 5.91 Å². The van der Waals surface area contributed by atoms with E-state index in [1.165, 1.54) is 0 Å². The first-order valence-electron chi connectivity index (χ1n) is 7.75. The summed E-state index contributed by atoms with van der Waals surface area (Å²) in [6.45, 7) is 5.33. The lowest BCUT2D eigenvalue weighted by molar-refractivity contribution is 0.0635. The van der Waals surface area contributed by atoms with Gasteiger partial charge in [0.05, 0.1) is 11.4 Å². The number of ether oxygens (including phenoxy) is 1. The molecule has 0 atom stereocenters. The van der Waals surface area contributed by atoms with E-state index < -0.39 is 11.7 Å². The Morgan fingerprint density at radius 3 is 2.04 bits per heavy atom. The molecule has 0 aliphatic rings. The van der Waals surface area contributed by atoms with Crippen molar-refractivity contribution >= 4 is 23.4 Å². The molecule has 0 spiro atoms. The quantitative estimate of drug-likeness (QED) is 0.823. The molecule has 2 amide bonds. The average molecular weight is 336 g/mol. The van der Waals surface area contributed by atoms with Gasteiger partial charge in [-0.15, -0.1) is 6.42 Å². The first-order valence-corrected chi connectivity index (χ1v) is 7.75. The van der Waals surface area contributed by atoms with Gasteiger partial charge in [-0.3, -0.25) is 10.1 Å². The van der Waals surface area contributed by atoms with Gasteiger partial charge in [-0.1, -0.05) is 18.1 Å². The molecule has 0 aliphatic carbocycles. The third kappa shape index (κ3) is 5.40. The summed E-state index contributed by atoms with van der Waals surface area (Å²) in [6, 6.07) is 13.6. The first kappa shape index (κ1) is 18.1. The molecule has 0 heterocycles. The van der Waals surface area contributed by atoms with Crippen molar-refractivity contribution in [3.63, 3.8) is 0 Å². The summed E-state index contributed by atoms with van der Waals surface area (Å²) in [5, 5.41) is 5.41. The van der Waals surface area contributed by atoms with Crippen LogP contribution in [0.25, 0.3) is 0 Å². The summed E-state index contributed by atoms with van der Waals surface area (Å²) in [5.74, 6) is 2.20. The number of nitrogens with one attached hydrogen (secondary N) is 2. The zero-order chi connectivity index (χ0) is 18.4. The number of rotatable bonds is 3. The predicted octanol–water partition coefficient (Wildman–Crippen LogP) is 4.27. The molecule has 0 unspecified atom stereocenters. The highest BCUT2D eigenvalue weighted by Crippen LogP contribution is 2.22. The minimum atomic E-state index is -0.610. The van der Waals surface area contributed by atoms with Crippen molar-refractivity contribution < 1.29 is 14.3 Å². The van der Waals surface area contributed by atoms with Gasteiger partial charge in [-0.2, -0.15) is 0 Å². The minimum Gasteiger partial charge on any atom is -0.444 e. The van der Waals surface area contributed by atoms with Gasteiger partial charge in [0.15, 0.2) is 0 Å². The lowest BCUT2D eigenvalue weighted by Crippen LogP contribution is -2.27. The highest BCUT2D eigenvalue weighted by Gasteiger charge is 2.17. The predicted molar refractivity (Wildman–Crippen MR) is 98.6 cm³/mol. The van der Waals surface area contributed by atoms with Crippen molar-refractivity contribution in [2.45, 2.75) is 26.4 Å². The van der Waals surface area contributed by atoms with Crippen LogP contribution in [0.2, 0.25) is 0 Å². The van der Waals surface area contributed by atoms with E-state index in [2.05, 4.69) is 16.6 Å². The highest BCUT2D eigenvalue weighted by molar-refractivity contribution is 6.06. The molecule has 5 heteroatoms. The zero-order valence-electron chi connectivity index (χ0n) is 14.4. The average Bonchev–Trinajstić information content (AvgIpc) is 2.55. The standard InChI is InChI=1S/C20H20N2O3/c1-5-14-10-12-15(13-11-14)18(23)21-16-8-6-7-9-17(16)22-19(24)25-20(2,3)4/h1,6-13H,2-4H3,(H,21,23)(H,22,24). The summed E-state index contributed by atoms with van der Waals surface area (Å²) in [6.07, 6.45) is 4.72. The van der Waals surface area contributed by atoms with Crippen LogP contribution >= 0.6 is 0 Å². The summed E-state index contributed by atoms with van der Waals surface area (Å²) in [4.78, 5) is 24.3. The van der Waals surface area contributed by atoms with Crippen LogP contribution in [-0.4, -0.2) is 17.6 Å². The molecule has 2 aromatic carbocycles. The number of hydrogen-bond acceptors (Lipinski definition) is 3. The number of amides is 2. The zero-order valence-corrected chi connectivity index (χ0v) is 14.4. The molecule has 2 N–H and O–H groups in total. The Balaban J connectivity index is 2.13. The fraction of sp³-hybridized carbons (Fsp3) is 0.200. The van der Waals surface area contributed by atoms with Gasteiger partial charge in [0, 0.05) is 11.1 Å². The molecule has 2 rings (SSSR count). The molecule has 0 radical (unpaired) electrons. The van der Waals surface area contributed by atoms with E-state index in [1.54, 1.807) is 69.3 Å². The third-order valence-corrected chi connectivity index (χ3v) is 3.12. The Morgan fingerprint density at radius 1 is 0.960 bits per heavy atom. The maximum atomic E-state index is 12.4.